The number of amides is 4. The molecule has 2 aromatic carbocycles. The van der Waals surface area contributed by atoms with Crippen LogP contribution in [0.2, 0.25) is 0 Å². The van der Waals surface area contributed by atoms with E-state index >= 15 is 0 Å². The van der Waals surface area contributed by atoms with Crippen molar-refractivity contribution in [2.75, 3.05) is 45.2 Å². The Morgan fingerprint density at radius 3 is 2.38 bits per heavy atom. The monoisotopic (exact) mass is 743 g/mol. The number of carbonyl (C=O) groups excluding carboxylic acids is 4. The summed E-state index contributed by atoms with van der Waals surface area (Å²) >= 11 is 3.48. The first-order valence-electron chi connectivity index (χ1n) is 17.3. The molecule has 5 heterocycles. The summed E-state index contributed by atoms with van der Waals surface area (Å²) in [5.41, 5.74) is 5.17. The van der Waals surface area contributed by atoms with Crippen molar-refractivity contribution >= 4 is 45.2 Å². The molecule has 3 atom stereocenters. The Morgan fingerprint density at radius 1 is 0.940 bits per heavy atom. The Morgan fingerprint density at radius 2 is 1.66 bits per heavy atom. The second-order valence-corrected chi connectivity index (χ2v) is 15.0. The third-order valence-corrected chi connectivity index (χ3v) is 11.8. The van der Waals surface area contributed by atoms with Gasteiger partial charge in [0.1, 0.15) is 10.5 Å². The molecule has 0 bridgehead atoms. The van der Waals surface area contributed by atoms with Crippen LogP contribution in [0.4, 0.5) is 5.69 Å². The molecule has 7 rings (SSSR count). The van der Waals surface area contributed by atoms with E-state index in [2.05, 4.69) is 61.4 Å². The number of aryl methyl sites for hydroxylation is 1. The van der Waals surface area contributed by atoms with E-state index < -0.39 is 11.9 Å². The van der Waals surface area contributed by atoms with E-state index in [4.69, 9.17) is 0 Å². The molecule has 13 heteroatoms. The van der Waals surface area contributed by atoms with Crippen LogP contribution in [-0.2, 0) is 23.2 Å². The summed E-state index contributed by atoms with van der Waals surface area (Å²) in [6, 6.07) is 13.6. The lowest BCUT2D eigenvalue weighted by Crippen LogP contribution is -2.52. The number of anilines is 1. The fourth-order valence-electron chi connectivity index (χ4n) is 8.10. The predicted octanol–water partition coefficient (Wildman–Crippen LogP) is 3.25. The van der Waals surface area contributed by atoms with Gasteiger partial charge in [0.2, 0.25) is 11.8 Å². The average molecular weight is 745 g/mol. The summed E-state index contributed by atoms with van der Waals surface area (Å²) in [7, 11) is 5.76. The number of piperidine rings is 3. The normalized spacial score (nSPS) is 23.2. The summed E-state index contributed by atoms with van der Waals surface area (Å²) < 4.78 is 1.83. The number of nitrogens with zero attached hydrogens (tertiary/aromatic N) is 6. The minimum absolute atomic E-state index is 0.0378. The average Bonchev–Trinajstić information content (AvgIpc) is 3.44. The highest BCUT2D eigenvalue weighted by Crippen LogP contribution is 2.35. The molecule has 4 amide bonds. The lowest BCUT2D eigenvalue weighted by molar-refractivity contribution is -0.136. The SMILES string of the molecule is CN1CC(c2ccc(C(=O)N3CCC(c4ccc5c(c4)CN(C4CCC(=O)NC4=O)C5=O)CC3)cc2)CC(N(C)c2cnn(C)c(=O)c2Br)C1. The van der Waals surface area contributed by atoms with E-state index in [1.54, 1.807) is 18.1 Å². The van der Waals surface area contributed by atoms with Crippen molar-refractivity contribution in [3.05, 3.63) is 91.3 Å². The number of halogens is 1. The van der Waals surface area contributed by atoms with Gasteiger partial charge in [-0.05, 0) is 95.4 Å². The van der Waals surface area contributed by atoms with Gasteiger partial charge in [-0.15, -0.1) is 0 Å². The van der Waals surface area contributed by atoms with Gasteiger partial charge in [0.25, 0.3) is 17.4 Å². The number of benzene rings is 2. The molecular formula is C37H42BrN7O5. The number of nitrogens with one attached hydrogen (secondary N) is 1. The molecule has 262 valence electrons. The number of rotatable bonds is 6. The number of hydrogen-bond donors (Lipinski definition) is 1. The predicted molar refractivity (Wildman–Crippen MR) is 191 cm³/mol. The number of likely N-dealkylation sites (N-methyl/N-ethyl adjacent to an activating group) is 2. The molecule has 50 heavy (non-hydrogen) atoms. The first-order chi connectivity index (χ1) is 24.0. The quantitative estimate of drug-likeness (QED) is 0.382. The van der Waals surface area contributed by atoms with Crippen LogP contribution in [0, 0.1) is 0 Å². The van der Waals surface area contributed by atoms with Crippen molar-refractivity contribution in [3.8, 4) is 0 Å². The molecule has 1 aromatic heterocycles. The topological polar surface area (TPSA) is 128 Å². The molecule has 3 aromatic rings. The molecule has 12 nitrogen and oxygen atoms in total. The van der Waals surface area contributed by atoms with Crippen LogP contribution < -0.4 is 15.8 Å². The molecule has 0 radical (unpaired) electrons. The van der Waals surface area contributed by atoms with Gasteiger partial charge in [0.15, 0.2) is 0 Å². The fourth-order valence-corrected chi connectivity index (χ4v) is 8.74. The third kappa shape index (κ3) is 6.48. The first kappa shape index (κ1) is 34.1. The standard InChI is InChI=1S/C37H42BrN7O5/c1-41-19-26(17-28(21-41)42(2)31-18-39-43(3)37(50)33(31)38)22-4-6-24(7-5-22)35(48)44-14-12-23(13-15-44)25-8-9-29-27(16-25)20-45(36(29)49)30-10-11-32(46)40-34(30)47/h4-9,16,18,23,26,28,30H,10-15,17,19-21H2,1-3H3,(H,40,46,47). The number of likely N-dealkylation sites (tertiary alicyclic amines) is 2. The zero-order valence-electron chi connectivity index (χ0n) is 28.6. The van der Waals surface area contributed by atoms with Crippen LogP contribution >= 0.6 is 15.9 Å². The van der Waals surface area contributed by atoms with E-state index in [9.17, 15) is 24.0 Å². The Bertz CT molecular complexity index is 1900. The van der Waals surface area contributed by atoms with Crippen molar-refractivity contribution in [2.24, 2.45) is 7.05 Å². The Kier molecular flexibility index (Phi) is 9.38. The van der Waals surface area contributed by atoms with Gasteiger partial charge < -0.3 is 19.6 Å². The highest BCUT2D eigenvalue weighted by Gasteiger charge is 2.39. The summed E-state index contributed by atoms with van der Waals surface area (Å²) in [4.78, 5) is 71.2. The van der Waals surface area contributed by atoms with E-state index in [1.807, 2.05) is 36.2 Å². The zero-order valence-corrected chi connectivity index (χ0v) is 30.2. The Hall–Kier alpha value is -4.36. The number of aromatic nitrogens is 2. The lowest BCUT2D eigenvalue weighted by Gasteiger charge is -2.41. The van der Waals surface area contributed by atoms with Crippen LogP contribution in [0.15, 0.2) is 57.9 Å². The maximum absolute atomic E-state index is 13.6. The second kappa shape index (κ2) is 13.7. The summed E-state index contributed by atoms with van der Waals surface area (Å²) in [6.07, 6.45) is 4.88. The number of hydrogen-bond acceptors (Lipinski definition) is 8. The molecule has 3 fully saturated rings. The largest absolute Gasteiger partial charge is 0.368 e. The Labute approximate surface area is 299 Å². The number of carbonyl (C=O) groups is 4. The highest BCUT2D eigenvalue weighted by molar-refractivity contribution is 9.10. The van der Waals surface area contributed by atoms with Crippen molar-refractivity contribution in [1.29, 1.82) is 0 Å². The van der Waals surface area contributed by atoms with Crippen molar-refractivity contribution < 1.29 is 19.2 Å². The van der Waals surface area contributed by atoms with Gasteiger partial charge in [-0.3, -0.25) is 29.3 Å². The molecule has 4 aliphatic heterocycles. The molecule has 0 saturated carbocycles. The smallest absolute Gasteiger partial charge is 0.282 e. The molecule has 3 saturated heterocycles. The fraction of sp³-hybridized carbons (Fsp3) is 0.459. The molecule has 0 aliphatic carbocycles. The van der Waals surface area contributed by atoms with Crippen LogP contribution in [0.5, 0.6) is 0 Å². The highest BCUT2D eigenvalue weighted by atomic mass is 79.9. The second-order valence-electron chi connectivity index (χ2n) is 14.2. The van der Waals surface area contributed by atoms with Crippen molar-refractivity contribution in [1.82, 2.24) is 29.8 Å². The van der Waals surface area contributed by atoms with Crippen molar-refractivity contribution in [3.63, 3.8) is 0 Å². The minimum Gasteiger partial charge on any atom is -0.368 e. The van der Waals surface area contributed by atoms with Crippen molar-refractivity contribution in [2.45, 2.75) is 62.6 Å². The summed E-state index contributed by atoms with van der Waals surface area (Å²) in [5.74, 6) is -0.277. The van der Waals surface area contributed by atoms with Gasteiger partial charge in [0, 0.05) is 70.4 Å². The zero-order chi connectivity index (χ0) is 35.3. The van der Waals surface area contributed by atoms with E-state index in [-0.39, 0.29) is 47.6 Å². The van der Waals surface area contributed by atoms with Gasteiger partial charge in [0.05, 0.1) is 11.9 Å². The molecular weight excluding hydrogens is 702 g/mol. The van der Waals surface area contributed by atoms with Crippen LogP contribution in [0.1, 0.15) is 81.3 Å². The molecule has 4 aliphatic rings. The van der Waals surface area contributed by atoms with Crippen LogP contribution in [0.3, 0.4) is 0 Å². The maximum Gasteiger partial charge on any atom is 0.282 e. The molecule has 1 N–H and O–H groups in total. The third-order valence-electron chi connectivity index (χ3n) is 11.0. The Balaban J connectivity index is 0.956. The van der Waals surface area contributed by atoms with Gasteiger partial charge >= 0.3 is 0 Å². The van der Waals surface area contributed by atoms with E-state index in [0.717, 1.165) is 49.2 Å². The van der Waals surface area contributed by atoms with E-state index in [1.165, 1.54) is 10.2 Å². The molecule has 3 unspecified atom stereocenters. The number of fused-ring (bicyclic) bond motifs is 1. The maximum atomic E-state index is 13.6. The lowest BCUT2D eigenvalue weighted by atomic mass is 9.86. The van der Waals surface area contributed by atoms with Gasteiger partial charge in [-0.2, -0.15) is 5.10 Å². The minimum atomic E-state index is -0.625. The summed E-state index contributed by atoms with van der Waals surface area (Å²) in [6.45, 7) is 3.44. The van der Waals surface area contributed by atoms with E-state index in [0.29, 0.717) is 41.7 Å². The van der Waals surface area contributed by atoms with Gasteiger partial charge in [-0.1, -0.05) is 24.3 Å². The molecule has 0 spiro atoms. The van der Waals surface area contributed by atoms with Crippen LogP contribution in [0.25, 0.3) is 0 Å². The first-order valence-corrected chi connectivity index (χ1v) is 18.1. The summed E-state index contributed by atoms with van der Waals surface area (Å²) in [5, 5.41) is 6.58. The van der Waals surface area contributed by atoms with Crippen LogP contribution in [-0.4, -0.2) is 100 Å². The van der Waals surface area contributed by atoms with Gasteiger partial charge in [-0.25, -0.2) is 4.68 Å². The number of imide groups is 1.